The molecule has 0 spiro atoms. The van der Waals surface area contributed by atoms with Gasteiger partial charge in [0.2, 0.25) is 12.6 Å². The summed E-state index contributed by atoms with van der Waals surface area (Å²) in [5.74, 6) is -0.0731. The van der Waals surface area contributed by atoms with E-state index in [-0.39, 0.29) is 12.6 Å². The molecule has 0 saturated carbocycles. The van der Waals surface area contributed by atoms with Crippen LogP contribution >= 0.6 is 0 Å². The molecule has 2 rings (SSSR count). The van der Waals surface area contributed by atoms with Gasteiger partial charge in [-0.25, -0.2) is 4.79 Å². The lowest BCUT2D eigenvalue weighted by atomic mass is 10.3. The molecular formula is C13H14N2O5. The molecule has 1 aliphatic heterocycles. The molecule has 0 radical (unpaired) electrons. The second-order valence-corrected chi connectivity index (χ2v) is 3.78. The van der Waals surface area contributed by atoms with E-state index in [0.717, 1.165) is 6.26 Å². The Morgan fingerprint density at radius 1 is 1.40 bits per heavy atom. The summed E-state index contributed by atoms with van der Waals surface area (Å²) in [6.45, 7) is 2.36. The number of amides is 3. The number of carbonyl (C=O) groups excluding carboxylic acids is 2. The third-order valence-corrected chi connectivity index (χ3v) is 2.33. The molecule has 106 valence electrons. The number of ether oxygens (including phenoxy) is 3. The number of imide groups is 1. The van der Waals surface area contributed by atoms with E-state index in [1.165, 1.54) is 0 Å². The maximum Gasteiger partial charge on any atom is 0.326 e. The van der Waals surface area contributed by atoms with Gasteiger partial charge in [-0.2, -0.15) is 0 Å². The molecule has 0 atom stereocenters. The monoisotopic (exact) mass is 278 g/mol. The molecule has 0 unspecified atom stereocenters. The Balaban J connectivity index is 1.90. The summed E-state index contributed by atoms with van der Waals surface area (Å²) in [6.07, 6.45) is 1.15. The molecule has 7 heteroatoms. The van der Waals surface area contributed by atoms with Crippen molar-refractivity contribution in [3.63, 3.8) is 0 Å². The van der Waals surface area contributed by atoms with E-state index in [1.807, 2.05) is 6.92 Å². The highest BCUT2D eigenvalue weighted by atomic mass is 16.7. The number of hydrogen-bond acceptors (Lipinski definition) is 5. The molecule has 7 nitrogen and oxygen atoms in total. The zero-order chi connectivity index (χ0) is 14.4. The minimum atomic E-state index is -0.667. The van der Waals surface area contributed by atoms with Crippen molar-refractivity contribution in [2.45, 2.75) is 6.92 Å². The topological polar surface area (TPSA) is 85.9 Å². The first kappa shape index (κ1) is 13.7. The molecule has 1 heterocycles. The predicted molar refractivity (Wildman–Crippen MR) is 69.9 cm³/mol. The summed E-state index contributed by atoms with van der Waals surface area (Å²) in [5.41, 5.74) is 0.513. The Morgan fingerprint density at radius 2 is 2.25 bits per heavy atom. The third kappa shape index (κ3) is 3.64. The summed E-state index contributed by atoms with van der Waals surface area (Å²) < 4.78 is 14.9. The first-order valence-electron chi connectivity index (χ1n) is 5.99. The highest BCUT2D eigenvalue weighted by Gasteiger charge is 2.18. The van der Waals surface area contributed by atoms with Gasteiger partial charge in [0.25, 0.3) is 5.91 Å². The lowest BCUT2D eigenvalue weighted by Crippen LogP contribution is -2.35. The van der Waals surface area contributed by atoms with Gasteiger partial charge in [0.15, 0.2) is 0 Å². The fourth-order valence-electron chi connectivity index (χ4n) is 1.52. The van der Waals surface area contributed by atoms with Crippen molar-refractivity contribution in [2.75, 3.05) is 18.7 Å². The van der Waals surface area contributed by atoms with E-state index < -0.39 is 11.9 Å². The Labute approximate surface area is 115 Å². The molecule has 2 N–H and O–H groups in total. The Morgan fingerprint density at radius 3 is 2.95 bits per heavy atom. The first-order chi connectivity index (χ1) is 9.69. The van der Waals surface area contributed by atoms with Crippen LogP contribution in [-0.2, 0) is 14.3 Å². The summed E-state index contributed by atoms with van der Waals surface area (Å²) in [5, 5.41) is 4.64. The van der Waals surface area contributed by atoms with E-state index in [9.17, 15) is 9.59 Å². The van der Waals surface area contributed by atoms with Crippen LogP contribution in [-0.4, -0.2) is 25.3 Å². The molecule has 0 bridgehead atoms. The fraction of sp³-hybridized carbons (Fsp3) is 0.231. The van der Waals surface area contributed by atoms with Crippen LogP contribution in [0.2, 0.25) is 0 Å². The van der Waals surface area contributed by atoms with Gasteiger partial charge in [0.1, 0.15) is 12.0 Å². The molecule has 20 heavy (non-hydrogen) atoms. The highest BCUT2D eigenvalue weighted by Crippen LogP contribution is 2.17. The maximum absolute atomic E-state index is 11.6. The smallest absolute Gasteiger partial charge is 0.326 e. The lowest BCUT2D eigenvalue weighted by Gasteiger charge is -2.08. The van der Waals surface area contributed by atoms with Crippen molar-refractivity contribution in [1.29, 1.82) is 0 Å². The minimum absolute atomic E-state index is 0.0270. The molecule has 1 aromatic carbocycles. The number of benzene rings is 1. The van der Waals surface area contributed by atoms with Gasteiger partial charge in [0, 0.05) is 11.8 Å². The van der Waals surface area contributed by atoms with E-state index in [1.54, 1.807) is 24.3 Å². The van der Waals surface area contributed by atoms with Crippen LogP contribution in [0.25, 0.3) is 0 Å². The van der Waals surface area contributed by atoms with Crippen molar-refractivity contribution >= 4 is 17.6 Å². The summed E-state index contributed by atoms with van der Waals surface area (Å²) in [4.78, 5) is 23.2. The van der Waals surface area contributed by atoms with E-state index in [0.29, 0.717) is 18.0 Å². The fourth-order valence-corrected chi connectivity index (χ4v) is 1.52. The first-order valence-corrected chi connectivity index (χ1v) is 5.99. The largest absolute Gasteiger partial charge is 0.494 e. The number of anilines is 1. The van der Waals surface area contributed by atoms with Gasteiger partial charge in [0.05, 0.1) is 6.61 Å². The average molecular weight is 278 g/mol. The van der Waals surface area contributed by atoms with Crippen molar-refractivity contribution in [3.8, 4) is 5.75 Å². The number of carbonyl (C=O) groups is 2. The van der Waals surface area contributed by atoms with Crippen molar-refractivity contribution in [3.05, 3.63) is 36.3 Å². The van der Waals surface area contributed by atoms with Gasteiger partial charge in [-0.3, -0.25) is 10.1 Å². The van der Waals surface area contributed by atoms with Gasteiger partial charge in [-0.05, 0) is 19.1 Å². The number of urea groups is 1. The van der Waals surface area contributed by atoms with Crippen LogP contribution in [0.4, 0.5) is 10.5 Å². The van der Waals surface area contributed by atoms with Gasteiger partial charge in [-0.15, -0.1) is 0 Å². The average Bonchev–Trinajstić information content (AvgIpc) is 2.93. The van der Waals surface area contributed by atoms with Crippen molar-refractivity contribution < 1.29 is 23.8 Å². The zero-order valence-corrected chi connectivity index (χ0v) is 10.8. The normalized spacial score (nSPS) is 12.8. The minimum Gasteiger partial charge on any atom is -0.494 e. The molecule has 0 fully saturated rings. The molecule has 0 saturated heterocycles. The molecular weight excluding hydrogens is 264 g/mol. The van der Waals surface area contributed by atoms with Crippen molar-refractivity contribution in [1.82, 2.24) is 5.32 Å². The quantitative estimate of drug-likeness (QED) is 0.873. The molecule has 0 aromatic heterocycles. The maximum atomic E-state index is 11.6. The zero-order valence-electron chi connectivity index (χ0n) is 10.8. The van der Waals surface area contributed by atoms with E-state index in [2.05, 4.69) is 10.6 Å². The standard InChI is InChI=1S/C13H14N2O5/c1-2-19-10-5-3-4-9(6-10)14-13(17)15-12(16)11-7-18-8-20-11/h3-7H,2,8H2,1H3,(H2,14,15,16,17). The van der Waals surface area contributed by atoms with Crippen LogP contribution in [0.1, 0.15) is 6.92 Å². The number of nitrogens with one attached hydrogen (secondary N) is 2. The lowest BCUT2D eigenvalue weighted by molar-refractivity contribution is -0.119. The second kappa shape index (κ2) is 6.46. The number of hydrogen-bond donors (Lipinski definition) is 2. The molecule has 1 aromatic rings. The predicted octanol–water partition coefficient (Wildman–Crippen LogP) is 1.58. The van der Waals surface area contributed by atoms with Gasteiger partial charge in [-0.1, -0.05) is 6.07 Å². The van der Waals surface area contributed by atoms with Crippen LogP contribution < -0.4 is 15.4 Å². The van der Waals surface area contributed by atoms with Crippen LogP contribution in [0, 0.1) is 0 Å². The number of rotatable bonds is 4. The highest BCUT2D eigenvalue weighted by molar-refractivity contribution is 6.06. The molecule has 3 amide bonds. The summed E-state index contributed by atoms with van der Waals surface area (Å²) >= 11 is 0. The van der Waals surface area contributed by atoms with Gasteiger partial charge >= 0.3 is 6.03 Å². The SMILES string of the molecule is CCOc1cccc(NC(=O)NC(=O)C2=COCO2)c1. The van der Waals surface area contributed by atoms with E-state index >= 15 is 0 Å². The van der Waals surface area contributed by atoms with Crippen LogP contribution in [0.3, 0.4) is 0 Å². The van der Waals surface area contributed by atoms with Gasteiger partial charge < -0.3 is 19.5 Å². The summed E-state index contributed by atoms with van der Waals surface area (Å²) in [7, 11) is 0. The third-order valence-electron chi connectivity index (χ3n) is 2.33. The Kier molecular flexibility index (Phi) is 4.43. The van der Waals surface area contributed by atoms with E-state index in [4.69, 9.17) is 14.2 Å². The second-order valence-electron chi connectivity index (χ2n) is 3.78. The Hall–Kier alpha value is -2.70. The Bertz CT molecular complexity index is 541. The molecule has 0 aliphatic carbocycles. The van der Waals surface area contributed by atoms with Crippen molar-refractivity contribution in [2.24, 2.45) is 0 Å². The van der Waals surface area contributed by atoms with Crippen LogP contribution in [0.15, 0.2) is 36.3 Å². The molecule has 1 aliphatic rings. The van der Waals surface area contributed by atoms with Crippen LogP contribution in [0.5, 0.6) is 5.75 Å². The summed E-state index contributed by atoms with van der Waals surface area (Å²) in [6, 6.07) is 6.17.